The van der Waals surface area contributed by atoms with Crippen molar-refractivity contribution in [2.24, 2.45) is 7.05 Å². The lowest BCUT2D eigenvalue weighted by Crippen LogP contribution is -2.23. The number of rotatable bonds is 5. The number of nitrogens with zero attached hydrogens (tertiary/aromatic N) is 5. The van der Waals surface area contributed by atoms with Crippen molar-refractivity contribution in [2.75, 3.05) is 5.32 Å². The number of aryl methyl sites for hydroxylation is 2. The smallest absolute Gasteiger partial charge is 0.264 e. The Kier molecular flexibility index (Phi) is 4.51. The zero-order chi connectivity index (χ0) is 18.8. The number of carbonyl (C=O) groups excluding carboxylic acids is 1. The van der Waals surface area contributed by atoms with Crippen molar-refractivity contribution in [1.29, 1.82) is 0 Å². The van der Waals surface area contributed by atoms with E-state index >= 15 is 0 Å². The third-order valence-corrected chi connectivity index (χ3v) is 4.88. The maximum absolute atomic E-state index is 12.4. The first-order chi connectivity index (χ1) is 13.1. The molecule has 8 nitrogen and oxygen atoms in total. The van der Waals surface area contributed by atoms with Gasteiger partial charge in [0.25, 0.3) is 5.56 Å². The van der Waals surface area contributed by atoms with Gasteiger partial charge >= 0.3 is 0 Å². The van der Waals surface area contributed by atoms with Crippen molar-refractivity contribution in [3.05, 3.63) is 58.6 Å². The molecule has 0 aliphatic rings. The first-order valence-corrected chi connectivity index (χ1v) is 9.18. The lowest BCUT2D eigenvalue weighted by Gasteiger charge is -2.05. The van der Waals surface area contributed by atoms with Crippen molar-refractivity contribution in [3.8, 4) is 11.3 Å². The van der Waals surface area contributed by atoms with E-state index < -0.39 is 0 Å². The summed E-state index contributed by atoms with van der Waals surface area (Å²) < 4.78 is 2.96. The summed E-state index contributed by atoms with van der Waals surface area (Å²) in [5.41, 5.74) is 2.13. The summed E-state index contributed by atoms with van der Waals surface area (Å²) in [5, 5.41) is 9.68. The Hall–Kier alpha value is -3.33. The average molecular weight is 380 g/mol. The summed E-state index contributed by atoms with van der Waals surface area (Å²) in [6.45, 7) is 0.236. The van der Waals surface area contributed by atoms with Gasteiger partial charge in [0.1, 0.15) is 5.39 Å². The average Bonchev–Trinajstić information content (AvgIpc) is 3.29. The van der Waals surface area contributed by atoms with Crippen LogP contribution >= 0.6 is 11.3 Å². The van der Waals surface area contributed by atoms with E-state index in [-0.39, 0.29) is 24.4 Å². The second kappa shape index (κ2) is 7.12. The number of thiazole rings is 1. The van der Waals surface area contributed by atoms with Crippen LogP contribution in [0, 0.1) is 0 Å². The SMILES string of the molecule is Cn1ncc2c(=O)n(CCC(=O)Nc3nc(-c4ccccc4)cs3)cnc21. The lowest BCUT2D eigenvalue weighted by atomic mass is 10.2. The lowest BCUT2D eigenvalue weighted by molar-refractivity contribution is -0.116. The van der Waals surface area contributed by atoms with Gasteiger partial charge in [-0.1, -0.05) is 30.3 Å². The Balaban J connectivity index is 1.41. The van der Waals surface area contributed by atoms with Gasteiger partial charge in [0.05, 0.1) is 18.2 Å². The first-order valence-electron chi connectivity index (χ1n) is 8.30. The number of fused-ring (bicyclic) bond motifs is 1. The normalized spacial score (nSPS) is 11.0. The Labute approximate surface area is 158 Å². The molecular formula is C18H16N6O2S. The van der Waals surface area contributed by atoms with Crippen LogP contribution in [0.3, 0.4) is 0 Å². The molecule has 4 rings (SSSR count). The molecule has 9 heteroatoms. The van der Waals surface area contributed by atoms with Crippen molar-refractivity contribution in [2.45, 2.75) is 13.0 Å². The van der Waals surface area contributed by atoms with Gasteiger partial charge < -0.3 is 5.32 Å². The summed E-state index contributed by atoms with van der Waals surface area (Å²) in [7, 11) is 1.73. The highest BCUT2D eigenvalue weighted by atomic mass is 32.1. The molecule has 0 saturated carbocycles. The van der Waals surface area contributed by atoms with E-state index in [0.717, 1.165) is 11.3 Å². The first kappa shape index (κ1) is 17.1. The molecule has 1 aromatic carbocycles. The molecule has 0 aliphatic heterocycles. The minimum Gasteiger partial charge on any atom is -0.302 e. The Bertz CT molecular complexity index is 1160. The van der Waals surface area contributed by atoms with Gasteiger partial charge in [-0.05, 0) is 0 Å². The monoisotopic (exact) mass is 380 g/mol. The number of carbonyl (C=O) groups is 1. The van der Waals surface area contributed by atoms with Gasteiger partial charge in [-0.2, -0.15) is 5.10 Å². The van der Waals surface area contributed by atoms with E-state index in [1.807, 2.05) is 35.7 Å². The van der Waals surface area contributed by atoms with Crippen molar-refractivity contribution < 1.29 is 4.79 Å². The molecule has 0 aliphatic carbocycles. The molecule has 1 amide bonds. The van der Waals surface area contributed by atoms with E-state index in [1.165, 1.54) is 28.4 Å². The topological polar surface area (TPSA) is 94.7 Å². The van der Waals surface area contributed by atoms with Crippen LogP contribution in [0.15, 0.2) is 53.0 Å². The number of nitrogens with one attached hydrogen (secondary N) is 1. The Morgan fingerprint density at radius 2 is 2.07 bits per heavy atom. The molecule has 0 atom stereocenters. The van der Waals surface area contributed by atoms with Crippen LogP contribution in [0.2, 0.25) is 0 Å². The van der Waals surface area contributed by atoms with Crippen LogP contribution in [0.25, 0.3) is 22.3 Å². The molecule has 1 N–H and O–H groups in total. The second-order valence-corrected chi connectivity index (χ2v) is 6.81. The van der Waals surface area contributed by atoms with Crippen molar-refractivity contribution >= 4 is 33.4 Å². The zero-order valence-electron chi connectivity index (χ0n) is 14.5. The minimum atomic E-state index is -0.207. The van der Waals surface area contributed by atoms with Crippen molar-refractivity contribution in [3.63, 3.8) is 0 Å². The van der Waals surface area contributed by atoms with Crippen LogP contribution < -0.4 is 10.9 Å². The van der Waals surface area contributed by atoms with Gasteiger partial charge in [-0.25, -0.2) is 9.97 Å². The van der Waals surface area contributed by atoms with Gasteiger partial charge in [0.15, 0.2) is 10.8 Å². The second-order valence-electron chi connectivity index (χ2n) is 5.95. The molecule has 0 bridgehead atoms. The molecule has 136 valence electrons. The Morgan fingerprint density at radius 3 is 2.89 bits per heavy atom. The summed E-state index contributed by atoms with van der Waals surface area (Å²) in [4.78, 5) is 33.3. The van der Waals surface area contributed by atoms with Gasteiger partial charge in [-0.3, -0.25) is 18.8 Å². The van der Waals surface area contributed by atoms with Crippen LogP contribution in [-0.2, 0) is 18.4 Å². The Morgan fingerprint density at radius 1 is 1.26 bits per heavy atom. The molecular weight excluding hydrogens is 364 g/mol. The molecule has 0 spiro atoms. The largest absolute Gasteiger partial charge is 0.302 e. The third kappa shape index (κ3) is 3.49. The molecule has 4 aromatic rings. The summed E-state index contributed by atoms with van der Waals surface area (Å²) in [6, 6.07) is 9.76. The van der Waals surface area contributed by atoms with Crippen LogP contribution in [0.5, 0.6) is 0 Å². The number of aromatic nitrogens is 5. The highest BCUT2D eigenvalue weighted by Gasteiger charge is 2.11. The fourth-order valence-electron chi connectivity index (χ4n) is 2.70. The third-order valence-electron chi connectivity index (χ3n) is 4.12. The van der Waals surface area contributed by atoms with E-state index in [9.17, 15) is 9.59 Å². The number of hydrogen-bond acceptors (Lipinski definition) is 6. The van der Waals surface area contributed by atoms with Gasteiger partial charge in [0, 0.05) is 31.0 Å². The van der Waals surface area contributed by atoms with E-state index in [0.29, 0.717) is 16.2 Å². The number of anilines is 1. The fourth-order valence-corrected chi connectivity index (χ4v) is 3.44. The standard InChI is InChI=1S/C18H16N6O2S/c1-23-16-13(9-20-23)17(26)24(11-19-16)8-7-15(25)22-18-21-14(10-27-18)12-5-3-2-4-6-12/h2-6,9-11H,7-8H2,1H3,(H,21,22,25). The maximum atomic E-state index is 12.4. The highest BCUT2D eigenvalue weighted by molar-refractivity contribution is 7.14. The van der Waals surface area contributed by atoms with Crippen LogP contribution in [-0.4, -0.2) is 30.2 Å². The number of benzene rings is 1. The maximum Gasteiger partial charge on any atom is 0.264 e. The summed E-state index contributed by atoms with van der Waals surface area (Å²) in [6.07, 6.45) is 3.08. The summed E-state index contributed by atoms with van der Waals surface area (Å²) in [5.74, 6) is -0.206. The fraction of sp³-hybridized carbons (Fsp3) is 0.167. The predicted molar refractivity (Wildman–Crippen MR) is 104 cm³/mol. The predicted octanol–water partition coefficient (Wildman–Crippen LogP) is 2.28. The van der Waals surface area contributed by atoms with Gasteiger partial charge in [-0.15, -0.1) is 11.3 Å². The van der Waals surface area contributed by atoms with Crippen molar-refractivity contribution in [1.82, 2.24) is 24.3 Å². The van der Waals surface area contributed by atoms with Crippen LogP contribution in [0.1, 0.15) is 6.42 Å². The molecule has 0 unspecified atom stereocenters. The quantitative estimate of drug-likeness (QED) is 0.573. The summed E-state index contributed by atoms with van der Waals surface area (Å²) >= 11 is 1.37. The molecule has 0 radical (unpaired) electrons. The molecule has 0 saturated heterocycles. The molecule has 0 fully saturated rings. The van der Waals surface area contributed by atoms with E-state index in [2.05, 4.69) is 20.4 Å². The van der Waals surface area contributed by atoms with E-state index in [4.69, 9.17) is 0 Å². The zero-order valence-corrected chi connectivity index (χ0v) is 15.3. The minimum absolute atomic E-state index is 0.146. The molecule has 3 heterocycles. The highest BCUT2D eigenvalue weighted by Crippen LogP contribution is 2.24. The molecule has 27 heavy (non-hydrogen) atoms. The number of hydrogen-bond donors (Lipinski definition) is 1. The molecule has 3 aromatic heterocycles. The van der Waals surface area contributed by atoms with E-state index in [1.54, 1.807) is 11.7 Å². The van der Waals surface area contributed by atoms with Gasteiger partial charge in [0.2, 0.25) is 5.91 Å². The number of amides is 1. The van der Waals surface area contributed by atoms with Crippen LogP contribution in [0.4, 0.5) is 5.13 Å².